The van der Waals surface area contributed by atoms with Gasteiger partial charge in [-0.05, 0) is 24.3 Å². The summed E-state index contributed by atoms with van der Waals surface area (Å²) in [6, 6.07) is 6.75. The van der Waals surface area contributed by atoms with E-state index < -0.39 is 0 Å². The molecule has 2 rings (SSSR count). The van der Waals surface area contributed by atoms with Crippen molar-refractivity contribution in [2.75, 3.05) is 0 Å². The maximum Gasteiger partial charge on any atom is 0.185 e. The summed E-state index contributed by atoms with van der Waals surface area (Å²) in [6.07, 6.45) is 2.09. The smallest absolute Gasteiger partial charge is 0.185 e. The number of furan rings is 1. The molecule has 0 fully saturated rings. The fourth-order valence-corrected chi connectivity index (χ4v) is 1.73. The third-order valence-electron chi connectivity index (χ3n) is 2.02. The van der Waals surface area contributed by atoms with E-state index in [1.54, 1.807) is 24.3 Å². The van der Waals surface area contributed by atoms with Gasteiger partial charge >= 0.3 is 0 Å². The average Bonchev–Trinajstić information content (AvgIpc) is 2.69. The molecule has 2 aromatic rings. The Morgan fingerprint density at radius 1 is 1.13 bits per heavy atom. The van der Waals surface area contributed by atoms with Crippen molar-refractivity contribution in [3.63, 3.8) is 0 Å². The number of halogens is 2. The summed E-state index contributed by atoms with van der Waals surface area (Å²) in [5.74, 6) is 0.249. The second-order valence-corrected chi connectivity index (χ2v) is 3.78. The Labute approximate surface area is 96.4 Å². The Balaban J connectivity index is 2.62. The fourth-order valence-electron chi connectivity index (χ4n) is 1.34. The minimum Gasteiger partial charge on any atom is -0.461 e. The van der Waals surface area contributed by atoms with Crippen LogP contribution in [0.1, 0.15) is 10.6 Å². The summed E-state index contributed by atoms with van der Waals surface area (Å²) in [5.41, 5.74) is 1.34. The fraction of sp³-hybridized carbons (Fsp3) is 0. The number of benzene rings is 1. The zero-order valence-corrected chi connectivity index (χ0v) is 9.05. The van der Waals surface area contributed by atoms with Crippen LogP contribution in [0.25, 0.3) is 11.1 Å². The quantitative estimate of drug-likeness (QED) is 0.742. The third-order valence-corrected chi connectivity index (χ3v) is 2.59. The van der Waals surface area contributed by atoms with Gasteiger partial charge < -0.3 is 4.42 Å². The molecule has 0 atom stereocenters. The van der Waals surface area contributed by atoms with Gasteiger partial charge in [-0.25, -0.2) is 0 Å². The number of carbonyl (C=O) groups excluding carboxylic acids is 1. The molecule has 0 saturated heterocycles. The van der Waals surface area contributed by atoms with E-state index in [2.05, 4.69) is 0 Å². The Morgan fingerprint density at radius 3 is 2.67 bits per heavy atom. The van der Waals surface area contributed by atoms with Gasteiger partial charge in [-0.1, -0.05) is 23.2 Å². The van der Waals surface area contributed by atoms with Gasteiger partial charge in [0.15, 0.2) is 12.0 Å². The largest absolute Gasteiger partial charge is 0.461 e. The van der Waals surface area contributed by atoms with E-state index >= 15 is 0 Å². The van der Waals surface area contributed by atoms with E-state index in [-0.39, 0.29) is 5.76 Å². The summed E-state index contributed by atoms with van der Waals surface area (Å²) >= 11 is 11.9. The highest BCUT2D eigenvalue weighted by atomic mass is 35.5. The topological polar surface area (TPSA) is 30.2 Å². The second-order valence-electron chi connectivity index (χ2n) is 2.94. The van der Waals surface area contributed by atoms with Crippen molar-refractivity contribution < 1.29 is 9.21 Å². The molecule has 4 heteroatoms. The Bertz CT molecular complexity index is 503. The molecule has 1 aromatic carbocycles. The van der Waals surface area contributed by atoms with Gasteiger partial charge in [0.25, 0.3) is 0 Å². The molecule has 0 spiro atoms. The van der Waals surface area contributed by atoms with Crippen LogP contribution >= 0.6 is 23.2 Å². The van der Waals surface area contributed by atoms with Crippen molar-refractivity contribution in [3.8, 4) is 11.1 Å². The van der Waals surface area contributed by atoms with Gasteiger partial charge in [0.05, 0.1) is 6.26 Å². The van der Waals surface area contributed by atoms with Gasteiger partial charge in [0.2, 0.25) is 0 Å². The summed E-state index contributed by atoms with van der Waals surface area (Å²) in [5, 5.41) is 1.09. The molecule has 0 aliphatic carbocycles. The maximum absolute atomic E-state index is 10.7. The number of aldehydes is 1. The molecule has 0 bridgehead atoms. The molecule has 2 nitrogen and oxygen atoms in total. The maximum atomic E-state index is 10.7. The zero-order chi connectivity index (χ0) is 10.8. The van der Waals surface area contributed by atoms with E-state index in [9.17, 15) is 4.79 Å². The lowest BCUT2D eigenvalue weighted by Crippen LogP contribution is -1.83. The number of hydrogen-bond donors (Lipinski definition) is 0. The van der Waals surface area contributed by atoms with Gasteiger partial charge in [0.1, 0.15) is 0 Å². The molecular weight excluding hydrogens is 235 g/mol. The van der Waals surface area contributed by atoms with Gasteiger partial charge in [-0.15, -0.1) is 0 Å². The molecule has 0 aliphatic heterocycles. The van der Waals surface area contributed by atoms with Crippen LogP contribution in [0.5, 0.6) is 0 Å². The van der Waals surface area contributed by atoms with E-state index in [0.717, 1.165) is 0 Å². The minimum atomic E-state index is 0.249. The highest BCUT2D eigenvalue weighted by Gasteiger charge is 2.11. The molecule has 0 aliphatic rings. The summed E-state index contributed by atoms with van der Waals surface area (Å²) in [4.78, 5) is 10.7. The van der Waals surface area contributed by atoms with Crippen molar-refractivity contribution in [1.29, 1.82) is 0 Å². The monoisotopic (exact) mass is 240 g/mol. The number of hydrogen-bond acceptors (Lipinski definition) is 2. The first-order valence-corrected chi connectivity index (χ1v) is 4.96. The SMILES string of the molecule is O=Cc1occc1-c1cc(Cl)ccc1Cl. The highest BCUT2D eigenvalue weighted by Crippen LogP contribution is 2.32. The Kier molecular flexibility index (Phi) is 2.80. The van der Waals surface area contributed by atoms with Crippen LogP contribution in [0.15, 0.2) is 34.9 Å². The van der Waals surface area contributed by atoms with Crippen molar-refractivity contribution in [1.82, 2.24) is 0 Å². The van der Waals surface area contributed by atoms with Crippen LogP contribution in [0.3, 0.4) is 0 Å². The van der Waals surface area contributed by atoms with E-state index in [0.29, 0.717) is 27.5 Å². The van der Waals surface area contributed by atoms with Crippen LogP contribution in [0, 0.1) is 0 Å². The highest BCUT2D eigenvalue weighted by molar-refractivity contribution is 6.35. The first-order chi connectivity index (χ1) is 7.22. The molecule has 0 amide bonds. The third kappa shape index (κ3) is 1.91. The average molecular weight is 241 g/mol. The molecule has 0 N–H and O–H groups in total. The predicted molar refractivity (Wildman–Crippen MR) is 59.6 cm³/mol. The minimum absolute atomic E-state index is 0.249. The summed E-state index contributed by atoms with van der Waals surface area (Å²) in [6.45, 7) is 0. The lowest BCUT2D eigenvalue weighted by Gasteiger charge is -2.02. The lowest BCUT2D eigenvalue weighted by atomic mass is 10.1. The number of rotatable bonds is 2. The van der Waals surface area contributed by atoms with Crippen molar-refractivity contribution >= 4 is 29.5 Å². The molecule has 0 unspecified atom stereocenters. The zero-order valence-electron chi connectivity index (χ0n) is 7.54. The predicted octanol–water partition coefficient (Wildman–Crippen LogP) is 4.07. The molecule has 76 valence electrons. The van der Waals surface area contributed by atoms with E-state index in [1.807, 2.05) is 0 Å². The van der Waals surface area contributed by atoms with Crippen LogP contribution in [0.2, 0.25) is 10.0 Å². The van der Waals surface area contributed by atoms with Gasteiger partial charge in [0, 0.05) is 21.2 Å². The van der Waals surface area contributed by atoms with Crippen LogP contribution in [-0.2, 0) is 0 Å². The molecule has 1 aromatic heterocycles. The van der Waals surface area contributed by atoms with Crippen molar-refractivity contribution in [2.45, 2.75) is 0 Å². The Hall–Kier alpha value is -1.25. The van der Waals surface area contributed by atoms with Crippen molar-refractivity contribution in [3.05, 3.63) is 46.3 Å². The molecule has 15 heavy (non-hydrogen) atoms. The van der Waals surface area contributed by atoms with E-state index in [4.69, 9.17) is 27.6 Å². The normalized spacial score (nSPS) is 10.3. The Morgan fingerprint density at radius 2 is 1.93 bits per heavy atom. The molecular formula is C11H6Cl2O2. The van der Waals surface area contributed by atoms with Crippen molar-refractivity contribution in [2.24, 2.45) is 0 Å². The van der Waals surface area contributed by atoms with Crippen LogP contribution in [0.4, 0.5) is 0 Å². The van der Waals surface area contributed by atoms with Gasteiger partial charge in [-0.3, -0.25) is 4.79 Å². The standard InChI is InChI=1S/C11H6Cl2O2/c12-7-1-2-10(13)9(5-7)8-3-4-15-11(8)6-14/h1-6H. The summed E-state index contributed by atoms with van der Waals surface area (Å²) < 4.78 is 4.99. The molecule has 0 saturated carbocycles. The van der Waals surface area contributed by atoms with Crippen LogP contribution in [-0.4, -0.2) is 6.29 Å². The first kappa shape index (κ1) is 10.3. The van der Waals surface area contributed by atoms with Crippen LogP contribution < -0.4 is 0 Å². The lowest BCUT2D eigenvalue weighted by molar-refractivity contribution is 0.110. The molecule has 1 heterocycles. The first-order valence-electron chi connectivity index (χ1n) is 4.20. The number of carbonyl (C=O) groups is 1. The summed E-state index contributed by atoms with van der Waals surface area (Å²) in [7, 11) is 0. The second kappa shape index (κ2) is 4.09. The van der Waals surface area contributed by atoms with Gasteiger partial charge in [-0.2, -0.15) is 0 Å². The molecule has 0 radical (unpaired) electrons. The van der Waals surface area contributed by atoms with E-state index in [1.165, 1.54) is 6.26 Å².